The number of aliphatic hydroxyl groups is 3. The number of phenols is 2. The molecular weight excluding hydrogens is 721 g/mol. The molecule has 3 aliphatic carbocycles. The second kappa shape index (κ2) is 12.6. The molecule has 0 unspecified atom stereocenters. The van der Waals surface area contributed by atoms with Crippen molar-refractivity contribution < 1.29 is 73.2 Å². The van der Waals surface area contributed by atoms with Crippen molar-refractivity contribution in [3.8, 4) is 11.5 Å². The highest BCUT2D eigenvalue weighted by molar-refractivity contribution is 6.50. The summed E-state index contributed by atoms with van der Waals surface area (Å²) < 4.78 is 26.4. The number of hydrogen-bond acceptors (Lipinski definition) is 16. The fourth-order valence-corrected chi connectivity index (χ4v) is 8.04. The summed E-state index contributed by atoms with van der Waals surface area (Å²) in [7, 11) is 4.46. The van der Waals surface area contributed by atoms with Gasteiger partial charge in [0, 0.05) is 49.5 Å². The minimum absolute atomic E-state index is 0.0297. The number of benzene rings is 2. The molecule has 1 saturated heterocycles. The van der Waals surface area contributed by atoms with Gasteiger partial charge in [-0.3, -0.25) is 19.2 Å². The zero-order valence-electron chi connectivity index (χ0n) is 27.5. The number of ketones is 4. The number of phenolic OH excluding ortho intramolecular Hbond substituents is 2. The number of aliphatic hydroxyl groups excluding tert-OH is 2. The number of fused-ring (bicyclic) bond motifs is 5. The van der Waals surface area contributed by atoms with Crippen LogP contribution in [0.1, 0.15) is 68.5 Å². The van der Waals surface area contributed by atoms with E-state index in [4.69, 9.17) is 46.9 Å². The van der Waals surface area contributed by atoms with Crippen molar-refractivity contribution in [2.24, 2.45) is 0 Å². The van der Waals surface area contributed by atoms with Crippen LogP contribution in [0.2, 0.25) is 5.02 Å². The molecule has 51 heavy (non-hydrogen) atoms. The molecule has 1 fully saturated rings. The van der Waals surface area contributed by atoms with Gasteiger partial charge in [0.2, 0.25) is 23.1 Å². The summed E-state index contributed by atoms with van der Waals surface area (Å²) in [5.41, 5.74) is -11.6. The minimum atomic E-state index is -3.35. The van der Waals surface area contributed by atoms with Crippen molar-refractivity contribution in [2.75, 3.05) is 35.0 Å². The Bertz CT molecular complexity index is 1990. The van der Waals surface area contributed by atoms with Crippen molar-refractivity contribution in [1.82, 2.24) is 5.32 Å². The predicted octanol–water partition coefficient (Wildman–Crippen LogP) is 0.581. The van der Waals surface area contributed by atoms with E-state index in [0.29, 0.717) is 0 Å². The van der Waals surface area contributed by atoms with Crippen molar-refractivity contribution >= 4 is 52.3 Å². The van der Waals surface area contributed by atoms with E-state index in [2.05, 4.69) is 5.32 Å². The molecule has 7 atom stereocenters. The highest BCUT2D eigenvalue weighted by Gasteiger charge is 2.73. The number of aromatic hydroxyl groups is 2. The van der Waals surface area contributed by atoms with Gasteiger partial charge >= 0.3 is 5.97 Å². The average molecular weight is 753 g/mol. The van der Waals surface area contributed by atoms with Crippen molar-refractivity contribution in [3.05, 3.63) is 66.3 Å². The first-order valence-electron chi connectivity index (χ1n) is 15.2. The lowest BCUT2D eigenvalue weighted by atomic mass is 9.56. The number of esters is 1. The maximum Gasteiger partial charge on any atom is 0.341 e. The molecule has 1 aliphatic heterocycles. The molecule has 6 N–H and O–H groups in total. The third-order valence-electron chi connectivity index (χ3n) is 10.1. The second-order valence-electron chi connectivity index (χ2n) is 12.3. The van der Waals surface area contributed by atoms with Gasteiger partial charge in [0.1, 0.15) is 46.1 Å². The number of carbonyl (C=O) groups is 5. The van der Waals surface area contributed by atoms with E-state index in [-0.39, 0.29) is 22.8 Å². The van der Waals surface area contributed by atoms with Crippen LogP contribution in [0, 0.1) is 6.92 Å². The van der Waals surface area contributed by atoms with Crippen LogP contribution in [0.15, 0.2) is 16.8 Å². The van der Waals surface area contributed by atoms with Gasteiger partial charge < -0.3 is 54.5 Å². The first kappa shape index (κ1) is 36.8. The number of carbonyl (C=O) groups excluding carboxylic acids is 5. The summed E-state index contributed by atoms with van der Waals surface area (Å²) in [5.74, 6) is -8.46. The molecule has 0 amide bonds. The van der Waals surface area contributed by atoms with Gasteiger partial charge in [-0.15, -0.1) is 0 Å². The van der Waals surface area contributed by atoms with Gasteiger partial charge in [0.25, 0.3) is 0 Å². The summed E-state index contributed by atoms with van der Waals surface area (Å²) >= 11 is 12.9. The zero-order chi connectivity index (χ0) is 37.6. The molecule has 0 saturated carbocycles. The lowest BCUT2D eigenvalue weighted by Gasteiger charge is -2.53. The first-order valence-corrected chi connectivity index (χ1v) is 16.0. The molecule has 272 valence electrons. The summed E-state index contributed by atoms with van der Waals surface area (Å²) in [6.07, 6.45) is -7.15. The van der Waals surface area contributed by atoms with Crippen LogP contribution < -0.4 is 5.32 Å². The van der Waals surface area contributed by atoms with Gasteiger partial charge in [0.05, 0.1) is 30.9 Å². The Morgan fingerprint density at radius 2 is 1.63 bits per heavy atom. The fourth-order valence-electron chi connectivity index (χ4n) is 7.54. The van der Waals surface area contributed by atoms with Crippen molar-refractivity contribution in [1.29, 1.82) is 0 Å². The largest absolute Gasteiger partial charge is 0.507 e. The molecule has 18 heteroatoms. The molecule has 0 radical (unpaired) electrons. The Kier molecular flexibility index (Phi) is 9.10. The van der Waals surface area contributed by atoms with Crippen LogP contribution in [0.3, 0.4) is 0 Å². The SMILES string of the molecule is COC(=O)c1c(C)c(Cl)c2c(c1O)[C@]1(O)C(=O)c3cc4c(c(O)c3C(=O)[C@]1(OC)[C@H](O)C2)C(=O)C(Cl)=C(N[C@H]1OC[C@H](OC)[C@@H](O)[C@H]1OC)C4=O. The summed E-state index contributed by atoms with van der Waals surface area (Å²) in [4.78, 5) is 69.6. The number of allylic oxidation sites excluding steroid dienone is 2. The maximum atomic E-state index is 14.7. The Balaban J connectivity index is 1.56. The molecule has 0 spiro atoms. The van der Waals surface area contributed by atoms with E-state index >= 15 is 0 Å². The smallest absolute Gasteiger partial charge is 0.341 e. The Labute approximate surface area is 298 Å². The lowest BCUT2D eigenvalue weighted by molar-refractivity contribution is -0.208. The van der Waals surface area contributed by atoms with E-state index in [0.717, 1.165) is 20.3 Å². The Morgan fingerprint density at radius 1 is 0.961 bits per heavy atom. The van der Waals surface area contributed by atoms with Crippen molar-refractivity contribution in [3.63, 3.8) is 0 Å². The van der Waals surface area contributed by atoms with Crippen LogP contribution >= 0.6 is 23.2 Å². The molecule has 1 heterocycles. The Hall–Kier alpha value is -3.97. The third-order valence-corrected chi connectivity index (χ3v) is 11.0. The van der Waals surface area contributed by atoms with Crippen LogP contribution in [-0.2, 0) is 35.7 Å². The summed E-state index contributed by atoms with van der Waals surface area (Å²) in [5, 5.41) is 59.3. The number of ether oxygens (including phenoxy) is 5. The standard InChI is InChI=1S/C33H31Cl2NO15/c1-9-15(31(45)49-4)25(41)18-12(19(9)34)7-14(37)33(50-5)29(44)17-11(28(43)32(18,33)46)6-10-16(24(17)40)26(42)20(35)21(22(10)38)36-30-27(48-3)23(39)13(47-2)8-51-30/h6,13-14,23,27,30,36-37,39-41,46H,7-8H2,1-5H3/t13-,14+,23+,27+,30-,32-,33+/m0/s1. The molecule has 6 rings (SSSR count). The van der Waals surface area contributed by atoms with E-state index < -0.39 is 133 Å². The summed E-state index contributed by atoms with van der Waals surface area (Å²) in [6.45, 7) is 1.18. The molecule has 0 aromatic heterocycles. The van der Waals surface area contributed by atoms with Gasteiger partial charge in [0.15, 0.2) is 17.4 Å². The third kappa shape index (κ3) is 4.62. The molecule has 16 nitrogen and oxygen atoms in total. The normalized spacial score (nSPS) is 30.0. The van der Waals surface area contributed by atoms with Gasteiger partial charge in [-0.2, -0.15) is 0 Å². The van der Waals surface area contributed by atoms with Gasteiger partial charge in [-0.05, 0) is 24.1 Å². The number of rotatable bonds is 6. The summed E-state index contributed by atoms with van der Waals surface area (Å²) in [6, 6.07) is 0.771. The number of halogens is 2. The lowest BCUT2D eigenvalue weighted by Crippen LogP contribution is -2.73. The predicted molar refractivity (Wildman–Crippen MR) is 171 cm³/mol. The van der Waals surface area contributed by atoms with E-state index in [1.807, 2.05) is 0 Å². The van der Waals surface area contributed by atoms with Crippen LogP contribution in [-0.4, -0.2) is 126 Å². The monoisotopic (exact) mass is 751 g/mol. The van der Waals surface area contributed by atoms with Crippen LogP contribution in [0.25, 0.3) is 0 Å². The van der Waals surface area contributed by atoms with E-state index in [1.54, 1.807) is 0 Å². The molecule has 0 bridgehead atoms. The maximum absolute atomic E-state index is 14.7. The molecule has 2 aromatic carbocycles. The highest BCUT2D eigenvalue weighted by atomic mass is 35.5. The fraction of sp³-hybridized carbons (Fsp3) is 0.424. The number of methoxy groups -OCH3 is 4. The van der Waals surface area contributed by atoms with E-state index in [1.165, 1.54) is 21.1 Å². The number of hydrogen-bond donors (Lipinski definition) is 6. The average Bonchev–Trinajstić information content (AvgIpc) is 3.10. The van der Waals surface area contributed by atoms with Crippen molar-refractivity contribution in [2.45, 2.75) is 55.2 Å². The van der Waals surface area contributed by atoms with E-state index in [9.17, 15) is 49.5 Å². The minimum Gasteiger partial charge on any atom is -0.507 e. The topological polar surface area (TPSA) is 245 Å². The second-order valence-corrected chi connectivity index (χ2v) is 13.1. The van der Waals surface area contributed by atoms with Crippen LogP contribution in [0.5, 0.6) is 11.5 Å². The highest BCUT2D eigenvalue weighted by Crippen LogP contribution is 2.58. The van der Waals surface area contributed by atoms with Gasteiger partial charge in [-0.1, -0.05) is 23.2 Å². The Morgan fingerprint density at radius 3 is 2.22 bits per heavy atom. The molecular formula is C33H31Cl2NO15. The number of Topliss-reactive ketones (excluding diaryl/α,β-unsaturated/α-hetero) is 4. The first-order chi connectivity index (χ1) is 24.0. The van der Waals surface area contributed by atoms with Gasteiger partial charge in [-0.25, -0.2) is 4.79 Å². The van der Waals surface area contributed by atoms with Crippen LogP contribution in [0.4, 0.5) is 0 Å². The number of nitrogens with one attached hydrogen (secondary N) is 1. The quantitative estimate of drug-likeness (QED) is 0.221. The molecule has 4 aliphatic rings. The molecule has 2 aromatic rings. The zero-order valence-corrected chi connectivity index (χ0v) is 29.0.